The molecule has 0 saturated carbocycles. The summed E-state index contributed by atoms with van der Waals surface area (Å²) in [5, 5.41) is 9.85. The van der Waals surface area contributed by atoms with Gasteiger partial charge in [0, 0.05) is 0 Å². The van der Waals surface area contributed by atoms with Gasteiger partial charge >= 0.3 is 0 Å². The molecule has 0 bridgehead atoms. The molecule has 0 radical (unpaired) electrons. The van der Waals surface area contributed by atoms with E-state index in [2.05, 4.69) is 41.2 Å². The van der Waals surface area contributed by atoms with Gasteiger partial charge in [0.2, 0.25) is 0 Å². The standard InChI is InChI=1S/C7H10N2S3/c1-3-5(2)4-11-7-9-8-6(10)12-7/h3-4,11H,1-2H3,(H,8,10). The lowest BCUT2D eigenvalue weighted by Crippen LogP contribution is -1.72. The van der Waals surface area contributed by atoms with E-state index in [4.69, 9.17) is 0 Å². The number of rotatable bonds is 2. The van der Waals surface area contributed by atoms with Crippen molar-refractivity contribution in [2.75, 3.05) is 0 Å². The number of hydrogen-bond donors (Lipinski definition) is 2. The third-order valence-electron chi connectivity index (χ3n) is 1.24. The fourth-order valence-electron chi connectivity index (χ4n) is 0.492. The monoisotopic (exact) mass is 218 g/mol. The molecule has 0 atom stereocenters. The van der Waals surface area contributed by atoms with Crippen LogP contribution in [0.1, 0.15) is 13.8 Å². The van der Waals surface area contributed by atoms with Crippen molar-refractivity contribution in [3.63, 3.8) is 0 Å². The lowest BCUT2D eigenvalue weighted by molar-refractivity contribution is 0.959. The molecule has 0 spiro atoms. The van der Waals surface area contributed by atoms with E-state index in [1.165, 1.54) is 16.9 Å². The largest absolute Gasteiger partial charge is 0.172 e. The number of thiol groups is 2. The lowest BCUT2D eigenvalue weighted by atomic mass is 10.3. The summed E-state index contributed by atoms with van der Waals surface area (Å²) in [6.07, 6.45) is 2.07. The molecule has 1 heterocycles. The maximum absolute atomic E-state index is 4.08. The molecule has 1 aromatic heterocycles. The minimum absolute atomic E-state index is 0.726. The van der Waals surface area contributed by atoms with E-state index >= 15 is 0 Å². The fourth-order valence-corrected chi connectivity index (χ4v) is 2.53. The zero-order chi connectivity index (χ0) is 8.97. The third-order valence-corrected chi connectivity index (χ3v) is 3.57. The SMILES string of the molecule is CC=C(C)C=[SH]c1nnc(S)s1. The fraction of sp³-hybridized carbons (Fsp3) is 0.286. The Morgan fingerprint density at radius 2 is 2.33 bits per heavy atom. The molecule has 66 valence electrons. The van der Waals surface area contributed by atoms with E-state index in [1.54, 1.807) is 0 Å². The maximum atomic E-state index is 4.08. The predicted octanol–water partition coefficient (Wildman–Crippen LogP) is 2.42. The molecule has 0 aliphatic heterocycles. The quantitative estimate of drug-likeness (QED) is 0.453. The molecule has 0 aromatic carbocycles. The second-order valence-electron chi connectivity index (χ2n) is 2.16. The zero-order valence-electron chi connectivity index (χ0n) is 6.85. The molecule has 0 fully saturated rings. The summed E-state index contributed by atoms with van der Waals surface area (Å²) in [7, 11) is 0. The topological polar surface area (TPSA) is 25.8 Å². The summed E-state index contributed by atoms with van der Waals surface area (Å²) in [4.78, 5) is 0. The van der Waals surface area contributed by atoms with Crippen molar-refractivity contribution in [1.82, 2.24) is 10.2 Å². The maximum Gasteiger partial charge on any atom is 0.172 e. The van der Waals surface area contributed by atoms with Gasteiger partial charge in [0.1, 0.15) is 0 Å². The first-order valence-corrected chi connectivity index (χ1v) is 5.64. The second kappa shape index (κ2) is 4.79. The van der Waals surface area contributed by atoms with E-state index in [0.717, 1.165) is 20.0 Å². The van der Waals surface area contributed by atoms with Crippen LogP contribution in [0.25, 0.3) is 0 Å². The van der Waals surface area contributed by atoms with Crippen molar-refractivity contribution in [3.05, 3.63) is 11.6 Å². The number of allylic oxidation sites excluding steroid dienone is 2. The Kier molecular flexibility index (Phi) is 3.97. The summed E-state index contributed by atoms with van der Waals surface area (Å²) in [6.45, 7) is 4.08. The van der Waals surface area contributed by atoms with Crippen LogP contribution in [-0.4, -0.2) is 15.6 Å². The van der Waals surface area contributed by atoms with Gasteiger partial charge in [0.05, 0.1) is 0 Å². The lowest BCUT2D eigenvalue weighted by Gasteiger charge is -1.85. The van der Waals surface area contributed by atoms with Crippen molar-refractivity contribution in [2.24, 2.45) is 0 Å². The molecule has 0 amide bonds. The molecule has 0 aliphatic carbocycles. The van der Waals surface area contributed by atoms with Crippen molar-refractivity contribution >= 4 is 40.7 Å². The van der Waals surface area contributed by atoms with Crippen LogP contribution in [0.2, 0.25) is 0 Å². The van der Waals surface area contributed by atoms with Crippen molar-refractivity contribution < 1.29 is 0 Å². The Hall–Kier alpha value is -0.130. The Labute approximate surface area is 85.1 Å². The highest BCUT2D eigenvalue weighted by molar-refractivity contribution is 7.99. The van der Waals surface area contributed by atoms with E-state index in [1.807, 2.05) is 6.92 Å². The summed E-state index contributed by atoms with van der Waals surface area (Å²) >= 11 is 6.69. The molecular formula is C7H10N2S3. The van der Waals surface area contributed by atoms with Crippen LogP contribution < -0.4 is 0 Å². The van der Waals surface area contributed by atoms with Crippen LogP contribution in [0.3, 0.4) is 0 Å². The van der Waals surface area contributed by atoms with Crippen LogP contribution in [-0.2, 0) is 0 Å². The molecule has 0 saturated heterocycles. The average Bonchev–Trinajstić information content (AvgIpc) is 2.47. The number of nitrogens with zero attached hydrogens (tertiary/aromatic N) is 2. The summed E-state index contributed by atoms with van der Waals surface area (Å²) < 4.78 is 1.71. The van der Waals surface area contributed by atoms with Crippen molar-refractivity contribution in [2.45, 2.75) is 22.5 Å². The highest BCUT2D eigenvalue weighted by atomic mass is 32.2. The normalized spacial score (nSPS) is 13.4. The summed E-state index contributed by atoms with van der Waals surface area (Å²) in [6, 6.07) is 0. The smallest absolute Gasteiger partial charge is 0.139 e. The van der Waals surface area contributed by atoms with Gasteiger partial charge < -0.3 is 0 Å². The molecule has 0 unspecified atom stereocenters. The molecular weight excluding hydrogens is 208 g/mol. The van der Waals surface area contributed by atoms with Crippen LogP contribution in [0.5, 0.6) is 0 Å². The van der Waals surface area contributed by atoms with Crippen molar-refractivity contribution in [1.29, 1.82) is 0 Å². The van der Waals surface area contributed by atoms with Gasteiger partial charge in [-0.25, -0.2) is 0 Å². The predicted molar refractivity (Wildman–Crippen MR) is 59.9 cm³/mol. The van der Waals surface area contributed by atoms with Crippen molar-refractivity contribution in [3.8, 4) is 0 Å². The number of aromatic nitrogens is 2. The first kappa shape index (κ1) is 9.95. The van der Waals surface area contributed by atoms with E-state index in [0.29, 0.717) is 0 Å². The Morgan fingerprint density at radius 1 is 1.58 bits per heavy atom. The van der Waals surface area contributed by atoms with Crippen LogP contribution in [0.15, 0.2) is 20.3 Å². The summed E-state index contributed by atoms with van der Waals surface area (Å²) in [5.74, 6) is 0. The van der Waals surface area contributed by atoms with E-state index in [9.17, 15) is 0 Å². The average molecular weight is 218 g/mol. The van der Waals surface area contributed by atoms with Crippen LogP contribution >= 0.6 is 35.3 Å². The molecule has 5 heteroatoms. The molecule has 12 heavy (non-hydrogen) atoms. The molecule has 0 N–H and O–H groups in total. The molecule has 0 aliphatic rings. The van der Waals surface area contributed by atoms with Crippen LogP contribution in [0, 0.1) is 0 Å². The Balaban J connectivity index is 2.69. The van der Waals surface area contributed by atoms with E-state index < -0.39 is 0 Å². The molecule has 2 nitrogen and oxygen atoms in total. The summed E-state index contributed by atoms with van der Waals surface area (Å²) in [5.41, 5.74) is 1.26. The molecule has 1 rings (SSSR count). The highest BCUT2D eigenvalue weighted by Gasteiger charge is 1.94. The zero-order valence-corrected chi connectivity index (χ0v) is 9.46. The van der Waals surface area contributed by atoms with Gasteiger partial charge in [0.25, 0.3) is 0 Å². The highest BCUT2D eigenvalue weighted by Crippen LogP contribution is 2.19. The van der Waals surface area contributed by atoms with Gasteiger partial charge in [-0.15, -0.1) is 34.2 Å². The van der Waals surface area contributed by atoms with Gasteiger partial charge in [-0.05, 0) is 24.8 Å². The van der Waals surface area contributed by atoms with Gasteiger partial charge in [0.15, 0.2) is 8.68 Å². The molecule has 1 aromatic rings. The van der Waals surface area contributed by atoms with E-state index in [-0.39, 0.29) is 0 Å². The second-order valence-corrected chi connectivity index (χ2v) is 5.10. The minimum atomic E-state index is 0.726. The van der Waals surface area contributed by atoms with Crippen LogP contribution in [0.4, 0.5) is 0 Å². The van der Waals surface area contributed by atoms with Gasteiger partial charge in [-0.2, -0.15) is 0 Å². The van der Waals surface area contributed by atoms with Gasteiger partial charge in [-0.1, -0.05) is 17.4 Å². The number of hydrogen-bond acceptors (Lipinski definition) is 4. The Morgan fingerprint density at radius 3 is 2.83 bits per heavy atom. The first-order chi connectivity index (χ1) is 5.72. The third kappa shape index (κ3) is 3.08. The minimum Gasteiger partial charge on any atom is -0.139 e. The van der Waals surface area contributed by atoms with Gasteiger partial charge in [-0.3, -0.25) is 0 Å². The first-order valence-electron chi connectivity index (χ1n) is 3.42. The Bertz CT molecular complexity index is 314.